The second-order valence-corrected chi connectivity index (χ2v) is 6.58. The van der Waals surface area contributed by atoms with Crippen molar-refractivity contribution in [3.63, 3.8) is 0 Å². The maximum atomic E-state index is 12.1. The van der Waals surface area contributed by atoms with Gasteiger partial charge in [-0.15, -0.1) is 0 Å². The topological polar surface area (TPSA) is 85.1 Å². The van der Waals surface area contributed by atoms with Crippen LogP contribution in [0.1, 0.15) is 17.3 Å². The number of sulfonamides is 1. The lowest BCUT2D eigenvalue weighted by molar-refractivity contribution is 0.372. The molecule has 0 bridgehead atoms. The number of hydrogen-bond acceptors (Lipinski definition) is 5. The Hall–Kier alpha value is -1.25. The van der Waals surface area contributed by atoms with Crippen molar-refractivity contribution in [2.75, 3.05) is 0 Å². The number of aromatic nitrogens is 2. The lowest BCUT2D eigenvalue weighted by Gasteiger charge is -2.07. The van der Waals surface area contributed by atoms with Gasteiger partial charge in [0.25, 0.3) is 0 Å². The van der Waals surface area contributed by atoms with Gasteiger partial charge in [-0.1, -0.05) is 11.2 Å². The highest BCUT2D eigenvalue weighted by Gasteiger charge is 2.18. The molecule has 1 aromatic carbocycles. The van der Waals surface area contributed by atoms with Crippen LogP contribution in [0.3, 0.4) is 0 Å². The molecule has 0 atom stereocenters. The van der Waals surface area contributed by atoms with Crippen molar-refractivity contribution in [1.29, 1.82) is 0 Å². The van der Waals surface area contributed by atoms with Crippen LogP contribution in [0.25, 0.3) is 0 Å². The van der Waals surface area contributed by atoms with Crippen molar-refractivity contribution in [2.45, 2.75) is 25.3 Å². The Balaban J connectivity index is 2.18. The molecule has 0 fully saturated rings. The molecule has 1 N–H and O–H groups in total. The van der Waals surface area contributed by atoms with Crippen molar-refractivity contribution in [3.8, 4) is 0 Å². The fourth-order valence-electron chi connectivity index (χ4n) is 1.47. The highest BCUT2D eigenvalue weighted by Crippen LogP contribution is 2.22. The van der Waals surface area contributed by atoms with Gasteiger partial charge in [-0.3, -0.25) is 0 Å². The van der Waals surface area contributed by atoms with Gasteiger partial charge < -0.3 is 4.52 Å². The van der Waals surface area contributed by atoms with Gasteiger partial charge in [-0.05, 0) is 47.5 Å². The quantitative estimate of drug-likeness (QED) is 0.914. The van der Waals surface area contributed by atoms with Crippen LogP contribution in [0.15, 0.2) is 32.1 Å². The fraction of sp³-hybridized carbons (Fsp3) is 0.273. The predicted molar refractivity (Wildman–Crippen MR) is 71.9 cm³/mol. The third kappa shape index (κ3) is 3.40. The van der Waals surface area contributed by atoms with E-state index in [1.165, 1.54) is 0 Å². The number of nitrogens with one attached hydrogen (secondary N) is 1. The van der Waals surface area contributed by atoms with E-state index in [4.69, 9.17) is 4.52 Å². The van der Waals surface area contributed by atoms with Crippen LogP contribution >= 0.6 is 15.9 Å². The first-order valence-corrected chi connectivity index (χ1v) is 7.71. The minimum atomic E-state index is -3.62. The van der Waals surface area contributed by atoms with Gasteiger partial charge in [0.05, 0.1) is 11.4 Å². The molecule has 0 saturated heterocycles. The molecule has 19 heavy (non-hydrogen) atoms. The van der Waals surface area contributed by atoms with Gasteiger partial charge in [0, 0.05) is 4.47 Å². The molecule has 102 valence electrons. The van der Waals surface area contributed by atoms with E-state index in [-0.39, 0.29) is 17.3 Å². The summed E-state index contributed by atoms with van der Waals surface area (Å²) >= 11 is 3.24. The molecular formula is C11H12BrN3O3S. The molecule has 2 aromatic rings. The molecule has 0 aliphatic carbocycles. The predicted octanol–water partition coefficient (Wildman–Crippen LogP) is 1.93. The third-order valence-corrected chi connectivity index (χ3v) is 4.74. The third-order valence-electron chi connectivity index (χ3n) is 2.36. The van der Waals surface area contributed by atoms with E-state index in [2.05, 4.69) is 30.8 Å². The first-order chi connectivity index (χ1) is 8.88. The minimum Gasteiger partial charge on any atom is -0.338 e. The molecule has 0 unspecified atom stereocenters. The molecule has 0 saturated carbocycles. The van der Waals surface area contributed by atoms with Gasteiger partial charge >= 0.3 is 0 Å². The Labute approximate surface area is 119 Å². The molecule has 8 heteroatoms. The lowest BCUT2D eigenvalue weighted by Crippen LogP contribution is -2.23. The van der Waals surface area contributed by atoms with E-state index in [1.54, 1.807) is 25.1 Å². The number of benzene rings is 1. The summed E-state index contributed by atoms with van der Waals surface area (Å²) in [6, 6.07) is 5.02. The van der Waals surface area contributed by atoms with Crippen molar-refractivity contribution in [2.24, 2.45) is 0 Å². The van der Waals surface area contributed by atoms with E-state index in [9.17, 15) is 8.42 Å². The number of nitrogens with zero attached hydrogens (tertiary/aromatic N) is 2. The molecule has 1 aromatic heterocycles. The zero-order chi connectivity index (χ0) is 14.0. The molecule has 1 heterocycles. The van der Waals surface area contributed by atoms with E-state index in [0.717, 1.165) is 5.56 Å². The van der Waals surface area contributed by atoms with E-state index in [0.29, 0.717) is 10.3 Å². The normalized spacial score (nSPS) is 11.7. The molecular weight excluding hydrogens is 334 g/mol. The van der Waals surface area contributed by atoms with Crippen LogP contribution in [0.5, 0.6) is 0 Å². The summed E-state index contributed by atoms with van der Waals surface area (Å²) in [4.78, 5) is 4.10. The van der Waals surface area contributed by atoms with E-state index < -0.39 is 10.0 Å². The lowest BCUT2D eigenvalue weighted by atomic mass is 10.2. The molecule has 0 radical (unpaired) electrons. The smallest absolute Gasteiger partial charge is 0.242 e. The van der Waals surface area contributed by atoms with Gasteiger partial charge in [0.2, 0.25) is 15.9 Å². The summed E-state index contributed by atoms with van der Waals surface area (Å²) in [6.45, 7) is 3.51. The molecule has 0 aliphatic rings. The Morgan fingerprint density at radius 2 is 2.11 bits per heavy atom. The number of halogens is 1. The largest absolute Gasteiger partial charge is 0.338 e. The molecule has 0 spiro atoms. The average Bonchev–Trinajstić information content (AvgIpc) is 2.72. The molecule has 0 aliphatic heterocycles. The van der Waals surface area contributed by atoms with Gasteiger partial charge in [0.1, 0.15) is 0 Å². The summed E-state index contributed by atoms with van der Waals surface area (Å²) < 4.78 is 32.0. The number of aryl methyl sites for hydroxylation is 2. The Morgan fingerprint density at radius 1 is 1.37 bits per heavy atom. The van der Waals surface area contributed by atoms with Gasteiger partial charge in [-0.2, -0.15) is 4.98 Å². The van der Waals surface area contributed by atoms with Gasteiger partial charge in [-0.25, -0.2) is 13.1 Å². The second-order valence-electron chi connectivity index (χ2n) is 3.99. The standard InChI is InChI=1S/C11H12BrN3O3S/c1-7-3-4-10(9(12)5-7)19(16,17)13-6-11-14-8(2)15-18-11/h3-5,13H,6H2,1-2H3. The SMILES string of the molecule is Cc1ccc(S(=O)(=O)NCc2nc(C)no2)c(Br)c1. The fourth-order valence-corrected chi connectivity index (χ4v) is 3.63. The highest BCUT2D eigenvalue weighted by atomic mass is 79.9. The Bertz CT molecular complexity index is 697. The van der Waals surface area contributed by atoms with Gasteiger partial charge in [0.15, 0.2) is 5.82 Å². The van der Waals surface area contributed by atoms with Crippen LogP contribution in [-0.2, 0) is 16.6 Å². The van der Waals surface area contributed by atoms with Crippen molar-refractivity contribution < 1.29 is 12.9 Å². The number of hydrogen-bond donors (Lipinski definition) is 1. The maximum absolute atomic E-state index is 12.1. The van der Waals surface area contributed by atoms with Crippen LogP contribution in [-0.4, -0.2) is 18.6 Å². The van der Waals surface area contributed by atoms with E-state index in [1.807, 2.05) is 6.92 Å². The molecule has 6 nitrogen and oxygen atoms in total. The van der Waals surface area contributed by atoms with Crippen LogP contribution in [0.2, 0.25) is 0 Å². The summed E-state index contributed by atoms with van der Waals surface area (Å²) in [7, 11) is -3.62. The summed E-state index contributed by atoms with van der Waals surface area (Å²) in [6.07, 6.45) is 0. The molecule has 2 rings (SSSR count). The maximum Gasteiger partial charge on any atom is 0.242 e. The van der Waals surface area contributed by atoms with Crippen LogP contribution in [0, 0.1) is 13.8 Å². The summed E-state index contributed by atoms with van der Waals surface area (Å²) in [5.41, 5.74) is 0.971. The van der Waals surface area contributed by atoms with E-state index >= 15 is 0 Å². The zero-order valence-corrected chi connectivity index (χ0v) is 12.7. The number of rotatable bonds is 4. The molecule has 0 amide bonds. The first kappa shape index (κ1) is 14.2. The zero-order valence-electron chi connectivity index (χ0n) is 10.3. The Kier molecular flexibility index (Phi) is 4.02. The van der Waals surface area contributed by atoms with Crippen molar-refractivity contribution in [3.05, 3.63) is 40.0 Å². The van der Waals surface area contributed by atoms with Crippen molar-refractivity contribution in [1.82, 2.24) is 14.9 Å². The first-order valence-electron chi connectivity index (χ1n) is 5.43. The summed E-state index contributed by atoms with van der Waals surface area (Å²) in [5.74, 6) is 0.690. The minimum absolute atomic E-state index is 0.0382. The second kappa shape index (κ2) is 5.40. The van der Waals surface area contributed by atoms with Crippen LogP contribution in [0.4, 0.5) is 0 Å². The monoisotopic (exact) mass is 345 g/mol. The Morgan fingerprint density at radius 3 is 2.68 bits per heavy atom. The highest BCUT2D eigenvalue weighted by molar-refractivity contribution is 9.10. The summed E-state index contributed by atoms with van der Waals surface area (Å²) in [5, 5.41) is 3.59. The average molecular weight is 346 g/mol. The van der Waals surface area contributed by atoms with Crippen molar-refractivity contribution >= 4 is 26.0 Å². The van der Waals surface area contributed by atoms with Crippen LogP contribution < -0.4 is 4.72 Å².